The molecule has 26 heavy (non-hydrogen) atoms. The fraction of sp³-hybridized carbons (Fsp3) is 0.333. The van der Waals surface area contributed by atoms with Crippen LogP contribution in [-0.4, -0.2) is 17.7 Å². The molecule has 0 radical (unpaired) electrons. The van der Waals surface area contributed by atoms with Crippen molar-refractivity contribution in [2.24, 2.45) is 0 Å². The standard InChI is InChI=1S/C18H18ClFN2O2S2/c1-2-24-17(23)15-11-5-3-4-6-14(11)26-16(15)22-18(25)21-10-7-8-13(20)12(19)9-10/h7-9H,2-6H2,1H3,(H2,21,22,25). The molecule has 1 aliphatic rings. The number of thiophene rings is 1. The second-order valence-electron chi connectivity index (χ2n) is 5.84. The lowest BCUT2D eigenvalue weighted by Gasteiger charge is -2.13. The first-order chi connectivity index (χ1) is 12.5. The van der Waals surface area contributed by atoms with Crippen molar-refractivity contribution in [2.75, 3.05) is 17.2 Å². The minimum absolute atomic E-state index is 0.0107. The van der Waals surface area contributed by atoms with E-state index in [1.165, 1.54) is 28.3 Å². The maximum absolute atomic E-state index is 13.3. The van der Waals surface area contributed by atoms with Gasteiger partial charge in [-0.3, -0.25) is 0 Å². The van der Waals surface area contributed by atoms with E-state index in [1.54, 1.807) is 13.0 Å². The Morgan fingerprint density at radius 1 is 1.35 bits per heavy atom. The van der Waals surface area contributed by atoms with E-state index >= 15 is 0 Å². The van der Waals surface area contributed by atoms with Crippen LogP contribution in [0.15, 0.2) is 18.2 Å². The third kappa shape index (κ3) is 4.16. The van der Waals surface area contributed by atoms with Crippen LogP contribution in [-0.2, 0) is 17.6 Å². The molecule has 0 fully saturated rings. The number of aryl methyl sites for hydroxylation is 1. The normalized spacial score (nSPS) is 13.0. The highest BCUT2D eigenvalue weighted by atomic mass is 35.5. The zero-order valence-electron chi connectivity index (χ0n) is 14.2. The fourth-order valence-corrected chi connectivity index (χ4v) is 4.66. The Hall–Kier alpha value is -1.70. The number of thiocarbonyl (C=S) groups is 1. The van der Waals surface area contributed by atoms with Gasteiger partial charge < -0.3 is 15.4 Å². The van der Waals surface area contributed by atoms with Crippen LogP contribution in [0.5, 0.6) is 0 Å². The van der Waals surface area contributed by atoms with E-state index in [-0.39, 0.29) is 11.0 Å². The summed E-state index contributed by atoms with van der Waals surface area (Å²) in [6.45, 7) is 2.11. The summed E-state index contributed by atoms with van der Waals surface area (Å²) < 4.78 is 18.5. The zero-order chi connectivity index (χ0) is 18.7. The molecular formula is C18H18ClFN2O2S2. The van der Waals surface area contributed by atoms with Gasteiger partial charge in [-0.05, 0) is 68.6 Å². The number of carbonyl (C=O) groups excluding carboxylic acids is 1. The van der Waals surface area contributed by atoms with Gasteiger partial charge in [0.1, 0.15) is 10.8 Å². The molecule has 2 N–H and O–H groups in total. The van der Waals surface area contributed by atoms with E-state index in [0.717, 1.165) is 31.2 Å². The summed E-state index contributed by atoms with van der Waals surface area (Å²) in [5.41, 5.74) is 2.20. The van der Waals surface area contributed by atoms with Crippen molar-refractivity contribution >= 4 is 56.9 Å². The van der Waals surface area contributed by atoms with Gasteiger partial charge in [-0.25, -0.2) is 9.18 Å². The van der Waals surface area contributed by atoms with Crippen molar-refractivity contribution in [3.05, 3.63) is 45.0 Å². The number of fused-ring (bicyclic) bond motifs is 1. The van der Waals surface area contributed by atoms with Crippen LogP contribution in [0.25, 0.3) is 0 Å². The predicted octanol–water partition coefficient (Wildman–Crippen LogP) is 5.41. The molecule has 0 aliphatic heterocycles. The Labute approximate surface area is 165 Å². The third-order valence-electron chi connectivity index (χ3n) is 4.06. The van der Waals surface area contributed by atoms with Crippen LogP contribution < -0.4 is 10.6 Å². The first-order valence-electron chi connectivity index (χ1n) is 8.34. The van der Waals surface area contributed by atoms with E-state index in [0.29, 0.717) is 28.0 Å². The minimum atomic E-state index is -0.494. The zero-order valence-corrected chi connectivity index (χ0v) is 16.5. The number of ether oxygens (including phenoxy) is 1. The van der Waals surface area contributed by atoms with Crippen molar-refractivity contribution in [2.45, 2.75) is 32.6 Å². The van der Waals surface area contributed by atoms with Gasteiger partial charge >= 0.3 is 5.97 Å². The van der Waals surface area contributed by atoms with Crippen molar-refractivity contribution in [1.29, 1.82) is 0 Å². The first kappa shape index (κ1) is 19.1. The SMILES string of the molecule is CCOC(=O)c1c(NC(=S)Nc2ccc(F)c(Cl)c2)sc2c1CCCC2. The average Bonchev–Trinajstić information content (AvgIpc) is 2.96. The molecule has 0 amide bonds. The summed E-state index contributed by atoms with van der Waals surface area (Å²) in [5, 5.41) is 7.05. The van der Waals surface area contributed by atoms with Crippen LogP contribution in [0.3, 0.4) is 0 Å². The lowest BCUT2D eigenvalue weighted by molar-refractivity contribution is 0.0526. The number of hydrogen-bond acceptors (Lipinski definition) is 4. The van der Waals surface area contributed by atoms with E-state index in [4.69, 9.17) is 28.6 Å². The van der Waals surface area contributed by atoms with Crippen molar-refractivity contribution in [3.63, 3.8) is 0 Å². The highest BCUT2D eigenvalue weighted by Crippen LogP contribution is 2.38. The lowest BCUT2D eigenvalue weighted by Crippen LogP contribution is -2.20. The van der Waals surface area contributed by atoms with Gasteiger partial charge in [-0.1, -0.05) is 11.6 Å². The highest BCUT2D eigenvalue weighted by molar-refractivity contribution is 7.80. The molecule has 138 valence electrons. The molecule has 0 spiro atoms. The van der Waals surface area contributed by atoms with Gasteiger partial charge in [0.15, 0.2) is 5.11 Å². The van der Waals surface area contributed by atoms with Crippen LogP contribution >= 0.6 is 35.2 Å². The topological polar surface area (TPSA) is 50.4 Å². The minimum Gasteiger partial charge on any atom is -0.462 e. The molecule has 1 aromatic carbocycles. The first-order valence-corrected chi connectivity index (χ1v) is 9.94. The molecule has 0 saturated heterocycles. The highest BCUT2D eigenvalue weighted by Gasteiger charge is 2.26. The van der Waals surface area contributed by atoms with Gasteiger partial charge in [0, 0.05) is 10.6 Å². The number of anilines is 2. The summed E-state index contributed by atoms with van der Waals surface area (Å²) in [6, 6.07) is 4.26. The maximum atomic E-state index is 13.3. The molecule has 3 rings (SSSR count). The number of nitrogens with one attached hydrogen (secondary N) is 2. The van der Waals surface area contributed by atoms with Crippen molar-refractivity contribution < 1.29 is 13.9 Å². The Kier molecular flexibility index (Phi) is 6.11. The molecule has 8 heteroatoms. The van der Waals surface area contributed by atoms with Crippen LogP contribution in [0.4, 0.5) is 15.1 Å². The number of halogens is 2. The number of carbonyl (C=O) groups is 1. The average molecular weight is 413 g/mol. The lowest BCUT2D eigenvalue weighted by atomic mass is 9.95. The number of benzene rings is 1. The summed E-state index contributed by atoms with van der Waals surface area (Å²) >= 11 is 12.7. The summed E-state index contributed by atoms with van der Waals surface area (Å²) in [5.74, 6) is -0.825. The van der Waals surface area contributed by atoms with Gasteiger partial charge in [0.25, 0.3) is 0 Å². The summed E-state index contributed by atoms with van der Waals surface area (Å²) in [7, 11) is 0. The number of rotatable bonds is 4. The molecule has 4 nitrogen and oxygen atoms in total. The monoisotopic (exact) mass is 412 g/mol. The Balaban J connectivity index is 1.81. The Bertz CT molecular complexity index is 854. The quantitative estimate of drug-likeness (QED) is 0.519. The van der Waals surface area contributed by atoms with Gasteiger partial charge in [-0.2, -0.15) is 0 Å². The van der Waals surface area contributed by atoms with Gasteiger partial charge in [0.2, 0.25) is 0 Å². The third-order valence-corrected chi connectivity index (χ3v) is 5.76. The molecule has 0 atom stereocenters. The van der Waals surface area contributed by atoms with Crippen LogP contribution in [0.1, 0.15) is 40.6 Å². The second kappa shape index (κ2) is 8.33. The van der Waals surface area contributed by atoms with Gasteiger partial charge in [-0.15, -0.1) is 11.3 Å². The molecular weight excluding hydrogens is 395 g/mol. The molecule has 1 heterocycles. The van der Waals surface area contributed by atoms with E-state index in [2.05, 4.69) is 10.6 Å². The predicted molar refractivity (Wildman–Crippen MR) is 108 cm³/mol. The van der Waals surface area contributed by atoms with E-state index in [9.17, 15) is 9.18 Å². The number of hydrogen-bond donors (Lipinski definition) is 2. The molecule has 1 aromatic heterocycles. The smallest absolute Gasteiger partial charge is 0.341 e. The van der Waals surface area contributed by atoms with Crippen LogP contribution in [0, 0.1) is 5.82 Å². The summed E-state index contributed by atoms with van der Waals surface area (Å²) in [6.07, 6.45) is 4.01. The largest absolute Gasteiger partial charge is 0.462 e. The molecule has 2 aromatic rings. The van der Waals surface area contributed by atoms with E-state index < -0.39 is 5.82 Å². The Morgan fingerprint density at radius 2 is 2.12 bits per heavy atom. The van der Waals surface area contributed by atoms with Crippen molar-refractivity contribution in [3.8, 4) is 0 Å². The maximum Gasteiger partial charge on any atom is 0.341 e. The van der Waals surface area contributed by atoms with E-state index in [1.807, 2.05) is 0 Å². The Morgan fingerprint density at radius 3 is 2.85 bits per heavy atom. The van der Waals surface area contributed by atoms with Crippen LogP contribution in [0.2, 0.25) is 5.02 Å². The fourth-order valence-electron chi connectivity index (χ4n) is 2.91. The van der Waals surface area contributed by atoms with Crippen molar-refractivity contribution in [1.82, 2.24) is 0 Å². The van der Waals surface area contributed by atoms with Gasteiger partial charge in [0.05, 0.1) is 17.2 Å². The summed E-state index contributed by atoms with van der Waals surface area (Å²) in [4.78, 5) is 13.6. The molecule has 0 unspecified atom stereocenters. The second-order valence-corrected chi connectivity index (χ2v) is 7.76. The molecule has 0 saturated carbocycles. The molecule has 0 bridgehead atoms. The number of esters is 1. The molecule has 1 aliphatic carbocycles.